The summed E-state index contributed by atoms with van der Waals surface area (Å²) >= 11 is 1.38. The molecule has 4 aromatic rings. The number of hydrogen-bond acceptors (Lipinski definition) is 9. The van der Waals surface area contributed by atoms with E-state index in [0.29, 0.717) is 29.5 Å². The average molecular weight is 564 g/mol. The third-order valence-corrected chi connectivity index (χ3v) is 8.99. The molecule has 2 fully saturated rings. The molecule has 0 radical (unpaired) electrons. The summed E-state index contributed by atoms with van der Waals surface area (Å²) in [4.78, 5) is 53.0. The Balaban J connectivity index is 1.32. The first-order valence-electron chi connectivity index (χ1n) is 13.7. The van der Waals surface area contributed by atoms with E-state index >= 15 is 0 Å². The third kappa shape index (κ3) is 4.55. The van der Waals surface area contributed by atoms with Gasteiger partial charge < -0.3 is 19.3 Å². The molecule has 40 heavy (non-hydrogen) atoms. The van der Waals surface area contributed by atoms with Crippen LogP contribution in [0.3, 0.4) is 0 Å². The molecular weight excluding hydrogens is 530 g/mol. The maximum atomic E-state index is 13.5. The number of ether oxygens (including phenoxy) is 2. The molecule has 2 aliphatic heterocycles. The summed E-state index contributed by atoms with van der Waals surface area (Å²) in [7, 11) is 0. The van der Waals surface area contributed by atoms with E-state index in [4.69, 9.17) is 14.5 Å². The van der Waals surface area contributed by atoms with E-state index in [2.05, 4.69) is 9.88 Å². The van der Waals surface area contributed by atoms with E-state index in [1.165, 1.54) is 17.5 Å². The van der Waals surface area contributed by atoms with Crippen molar-refractivity contribution in [1.29, 1.82) is 0 Å². The van der Waals surface area contributed by atoms with E-state index in [1.54, 1.807) is 6.92 Å². The fourth-order valence-electron chi connectivity index (χ4n) is 5.83. The van der Waals surface area contributed by atoms with Gasteiger partial charge in [-0.2, -0.15) is 4.98 Å². The summed E-state index contributed by atoms with van der Waals surface area (Å²) in [5.41, 5.74) is 0.496. The molecule has 2 saturated heterocycles. The second-order valence-electron chi connectivity index (χ2n) is 11.7. The highest BCUT2D eigenvalue weighted by atomic mass is 32.1. The second kappa shape index (κ2) is 9.72. The number of carbonyl (C=O) groups is 2. The minimum atomic E-state index is -0.638. The van der Waals surface area contributed by atoms with Crippen molar-refractivity contribution in [2.24, 2.45) is 5.41 Å². The van der Waals surface area contributed by atoms with Gasteiger partial charge in [0.05, 0.1) is 22.2 Å². The van der Waals surface area contributed by atoms with Crippen LogP contribution in [0.2, 0.25) is 0 Å². The van der Waals surface area contributed by atoms with E-state index in [0.717, 1.165) is 42.6 Å². The largest absolute Gasteiger partial charge is 0.462 e. The molecule has 0 atom stereocenters. The predicted molar refractivity (Wildman–Crippen MR) is 154 cm³/mol. The minimum absolute atomic E-state index is 0.0163. The highest BCUT2D eigenvalue weighted by Gasteiger charge is 2.43. The number of rotatable bonds is 3. The van der Waals surface area contributed by atoms with Crippen molar-refractivity contribution in [2.75, 3.05) is 37.7 Å². The number of anilines is 1. The summed E-state index contributed by atoms with van der Waals surface area (Å²) in [6.45, 7) is 10.4. The first-order valence-corrected chi connectivity index (χ1v) is 14.5. The Hall–Kier alpha value is -3.73. The molecule has 11 heteroatoms. The standard InChI is InChI=1S/C29H33N5O5S/c1-5-38-25(36)21-22(35)18-16-30-26(31-23(18)34-19-8-6-7-9-20(19)40-24(21)34)32-13-10-29(11-14-32)12-15-33(17-29)27(37)39-28(2,3)4/h6-9,16H,5,10-15,17H2,1-4H3. The van der Waals surface area contributed by atoms with Gasteiger partial charge in [0, 0.05) is 32.4 Å². The van der Waals surface area contributed by atoms with Crippen molar-refractivity contribution in [2.45, 2.75) is 52.6 Å². The van der Waals surface area contributed by atoms with Crippen molar-refractivity contribution in [3.8, 4) is 0 Å². The topological polar surface area (TPSA) is 106 Å². The van der Waals surface area contributed by atoms with Crippen LogP contribution < -0.4 is 10.3 Å². The number of para-hydroxylation sites is 1. The van der Waals surface area contributed by atoms with Crippen LogP contribution in [-0.4, -0.2) is 69.7 Å². The number of carbonyl (C=O) groups excluding carboxylic acids is 2. The molecule has 3 aromatic heterocycles. The summed E-state index contributed by atoms with van der Waals surface area (Å²) < 4.78 is 13.7. The van der Waals surface area contributed by atoms with Crippen molar-refractivity contribution < 1.29 is 19.1 Å². The molecule has 2 aliphatic rings. The molecule has 10 nitrogen and oxygen atoms in total. The van der Waals surface area contributed by atoms with Crippen LogP contribution in [0.25, 0.3) is 26.1 Å². The summed E-state index contributed by atoms with van der Waals surface area (Å²) in [6, 6.07) is 7.78. The Morgan fingerprint density at radius 3 is 2.55 bits per heavy atom. The maximum absolute atomic E-state index is 13.5. The molecule has 1 spiro atoms. The van der Waals surface area contributed by atoms with Gasteiger partial charge >= 0.3 is 12.1 Å². The molecular formula is C29H33N5O5S. The lowest BCUT2D eigenvalue weighted by molar-refractivity contribution is 0.0266. The molecule has 0 unspecified atom stereocenters. The number of likely N-dealkylation sites (tertiary alicyclic amines) is 1. The minimum Gasteiger partial charge on any atom is -0.462 e. The summed E-state index contributed by atoms with van der Waals surface area (Å²) in [5.74, 6) is -0.0856. The number of thiazole rings is 1. The number of aromatic nitrogens is 3. The zero-order valence-corrected chi connectivity index (χ0v) is 24.0. The monoisotopic (exact) mass is 563 g/mol. The quantitative estimate of drug-likeness (QED) is 0.325. The Morgan fingerprint density at radius 1 is 1.10 bits per heavy atom. The lowest BCUT2D eigenvalue weighted by atomic mass is 9.78. The van der Waals surface area contributed by atoms with E-state index in [1.807, 2.05) is 54.3 Å². The van der Waals surface area contributed by atoms with Gasteiger partial charge in [0.15, 0.2) is 5.65 Å². The van der Waals surface area contributed by atoms with Crippen molar-refractivity contribution in [1.82, 2.24) is 19.3 Å². The van der Waals surface area contributed by atoms with Gasteiger partial charge in [-0.05, 0) is 64.5 Å². The summed E-state index contributed by atoms with van der Waals surface area (Å²) in [5, 5.41) is 0.283. The SMILES string of the molecule is CCOC(=O)c1c(=O)c2cnc(N3CCC4(CCN(C(=O)OC(C)(C)C)C4)CC3)nc2n2c1sc1ccccc12. The number of fused-ring (bicyclic) bond motifs is 5. The third-order valence-electron chi connectivity index (χ3n) is 7.85. The molecule has 0 bridgehead atoms. The number of amides is 1. The molecule has 1 aromatic carbocycles. The smallest absolute Gasteiger partial charge is 0.410 e. The predicted octanol–water partition coefficient (Wildman–Crippen LogP) is 4.86. The Morgan fingerprint density at radius 2 is 1.82 bits per heavy atom. The normalized spacial score (nSPS) is 17.3. The van der Waals surface area contributed by atoms with Gasteiger partial charge in [0.1, 0.15) is 16.0 Å². The lowest BCUT2D eigenvalue weighted by Crippen LogP contribution is -2.43. The maximum Gasteiger partial charge on any atom is 0.410 e. The van der Waals surface area contributed by atoms with E-state index in [-0.39, 0.29) is 29.1 Å². The number of piperidine rings is 1. The lowest BCUT2D eigenvalue weighted by Gasteiger charge is -2.39. The summed E-state index contributed by atoms with van der Waals surface area (Å²) in [6.07, 6.45) is 4.06. The second-order valence-corrected chi connectivity index (χ2v) is 12.7. The first-order chi connectivity index (χ1) is 19.1. The number of benzene rings is 1. The molecule has 5 heterocycles. The average Bonchev–Trinajstić information content (AvgIpc) is 3.50. The zero-order valence-electron chi connectivity index (χ0n) is 23.2. The first kappa shape index (κ1) is 26.5. The molecule has 0 saturated carbocycles. The van der Waals surface area contributed by atoms with Crippen LogP contribution in [0.1, 0.15) is 57.3 Å². The van der Waals surface area contributed by atoms with E-state index < -0.39 is 17.0 Å². The van der Waals surface area contributed by atoms with Gasteiger partial charge in [0.2, 0.25) is 11.4 Å². The van der Waals surface area contributed by atoms with Crippen molar-refractivity contribution in [3.05, 3.63) is 46.2 Å². The van der Waals surface area contributed by atoms with Crippen molar-refractivity contribution >= 4 is 55.4 Å². The van der Waals surface area contributed by atoms with Crippen molar-refractivity contribution in [3.63, 3.8) is 0 Å². The van der Waals surface area contributed by atoms with E-state index in [9.17, 15) is 14.4 Å². The van der Waals surface area contributed by atoms with Gasteiger partial charge in [-0.1, -0.05) is 12.1 Å². The number of nitrogens with zero attached hydrogens (tertiary/aromatic N) is 5. The van der Waals surface area contributed by atoms with Gasteiger partial charge in [0.25, 0.3) is 0 Å². The van der Waals surface area contributed by atoms with Crippen LogP contribution in [0, 0.1) is 5.41 Å². The van der Waals surface area contributed by atoms with Gasteiger partial charge in [-0.3, -0.25) is 9.20 Å². The van der Waals surface area contributed by atoms with Crippen LogP contribution >= 0.6 is 11.3 Å². The number of hydrogen-bond donors (Lipinski definition) is 0. The zero-order chi connectivity index (χ0) is 28.2. The van der Waals surface area contributed by atoms with Gasteiger partial charge in [-0.15, -0.1) is 11.3 Å². The Bertz CT molecular complexity index is 1700. The molecule has 210 valence electrons. The van der Waals surface area contributed by atoms with Crippen LogP contribution in [0.4, 0.5) is 10.7 Å². The molecule has 0 aliphatic carbocycles. The van der Waals surface area contributed by atoms with Crippen LogP contribution in [0.5, 0.6) is 0 Å². The number of esters is 1. The molecule has 1 amide bonds. The number of pyridine rings is 1. The fourth-order valence-corrected chi connectivity index (χ4v) is 7.00. The Labute approximate surface area is 235 Å². The Kier molecular flexibility index (Phi) is 6.44. The van der Waals surface area contributed by atoms with Crippen LogP contribution in [0.15, 0.2) is 35.3 Å². The highest BCUT2D eigenvalue weighted by Crippen LogP contribution is 2.41. The van der Waals surface area contributed by atoms with Crippen LogP contribution in [-0.2, 0) is 9.47 Å². The fraction of sp³-hybridized carbons (Fsp3) is 0.483. The molecule has 0 N–H and O–H groups in total. The van der Waals surface area contributed by atoms with Gasteiger partial charge in [-0.25, -0.2) is 14.6 Å². The molecule has 6 rings (SSSR count). The highest BCUT2D eigenvalue weighted by molar-refractivity contribution is 7.24.